The van der Waals surface area contributed by atoms with Crippen LogP contribution >= 0.6 is 11.3 Å². The van der Waals surface area contributed by atoms with E-state index in [9.17, 15) is 0 Å². The molecule has 0 saturated heterocycles. The van der Waals surface area contributed by atoms with E-state index in [0.29, 0.717) is 0 Å². The first-order chi connectivity index (χ1) is 13.2. The molecule has 0 aliphatic carbocycles. The van der Waals surface area contributed by atoms with Crippen LogP contribution in [-0.4, -0.2) is 24.9 Å². The van der Waals surface area contributed by atoms with Crippen molar-refractivity contribution in [2.45, 2.75) is 58.8 Å². The van der Waals surface area contributed by atoms with Crippen molar-refractivity contribution in [3.63, 3.8) is 0 Å². The van der Waals surface area contributed by atoms with Gasteiger partial charge < -0.3 is 9.47 Å². The summed E-state index contributed by atoms with van der Waals surface area (Å²) in [5.74, 6) is 1.51. The summed E-state index contributed by atoms with van der Waals surface area (Å²) in [7, 11) is 1.66. The maximum absolute atomic E-state index is 5.89. The van der Waals surface area contributed by atoms with E-state index in [-0.39, 0.29) is 0 Å². The number of nitrogens with zero attached hydrogens (tertiary/aromatic N) is 2. The lowest BCUT2D eigenvalue weighted by Crippen LogP contribution is -2.00. The molecule has 0 radical (unpaired) electrons. The summed E-state index contributed by atoms with van der Waals surface area (Å²) in [5, 5.41) is 6.99. The number of anilines is 1. The molecule has 0 amide bonds. The second-order valence-electron chi connectivity index (χ2n) is 6.54. The molecule has 6 heteroatoms. The van der Waals surface area contributed by atoms with Crippen LogP contribution in [0.3, 0.4) is 0 Å². The topological polar surface area (TPSA) is 55.7 Å². The fourth-order valence-corrected chi connectivity index (χ4v) is 3.33. The second-order valence-corrected chi connectivity index (χ2v) is 7.40. The number of aryl methyl sites for hydroxylation is 1. The third-order valence-corrected chi connectivity index (χ3v) is 5.05. The van der Waals surface area contributed by atoms with Gasteiger partial charge in [0, 0.05) is 5.38 Å². The van der Waals surface area contributed by atoms with Gasteiger partial charge in [-0.15, -0.1) is 11.3 Å². The number of unbranched alkanes of at least 4 members (excludes halogenated alkanes) is 6. The predicted octanol–water partition coefficient (Wildman–Crippen LogP) is 6.04. The summed E-state index contributed by atoms with van der Waals surface area (Å²) < 4.78 is 11.4. The maximum atomic E-state index is 5.89. The van der Waals surface area contributed by atoms with Crippen molar-refractivity contribution in [2.75, 3.05) is 19.1 Å². The van der Waals surface area contributed by atoms with Gasteiger partial charge in [-0.25, -0.2) is 4.98 Å². The molecular formula is C21H31N3O2S. The summed E-state index contributed by atoms with van der Waals surface area (Å²) in [5.41, 5.74) is 4.87. The first-order valence-corrected chi connectivity index (χ1v) is 10.6. The second kappa shape index (κ2) is 12.3. The van der Waals surface area contributed by atoms with Gasteiger partial charge in [-0.2, -0.15) is 5.10 Å². The number of thiazole rings is 1. The molecule has 27 heavy (non-hydrogen) atoms. The van der Waals surface area contributed by atoms with Gasteiger partial charge in [0.25, 0.3) is 0 Å². The van der Waals surface area contributed by atoms with Crippen molar-refractivity contribution in [3.05, 3.63) is 34.8 Å². The largest absolute Gasteiger partial charge is 0.493 e. The molecule has 2 aromatic rings. The normalized spacial score (nSPS) is 11.1. The van der Waals surface area contributed by atoms with Crippen LogP contribution in [0.25, 0.3) is 0 Å². The zero-order chi connectivity index (χ0) is 19.3. The number of hydrogen-bond donors (Lipinski definition) is 1. The van der Waals surface area contributed by atoms with E-state index >= 15 is 0 Å². The monoisotopic (exact) mass is 389 g/mol. The van der Waals surface area contributed by atoms with E-state index in [1.54, 1.807) is 13.3 Å². The number of aromatic nitrogens is 1. The van der Waals surface area contributed by atoms with Crippen molar-refractivity contribution in [1.29, 1.82) is 0 Å². The van der Waals surface area contributed by atoms with Crippen LogP contribution in [0, 0.1) is 6.92 Å². The molecule has 0 saturated carbocycles. The molecule has 0 fully saturated rings. The minimum atomic E-state index is 0.725. The number of rotatable bonds is 13. The maximum Gasteiger partial charge on any atom is 0.203 e. The standard InChI is InChI=1S/C21H31N3O2S/c1-4-5-6-7-8-9-10-13-26-19-12-11-18(14-20(19)25-3)15-22-24-21-23-17(2)16-27-21/h11-12,14-16H,4-10,13H2,1-3H3,(H,23,24)/b22-15-. The molecule has 0 bridgehead atoms. The van der Waals surface area contributed by atoms with Gasteiger partial charge in [0.05, 0.1) is 25.6 Å². The Kier molecular flexibility index (Phi) is 9.69. The van der Waals surface area contributed by atoms with Gasteiger partial charge in [-0.3, -0.25) is 5.43 Å². The molecule has 5 nitrogen and oxygen atoms in total. The quantitative estimate of drug-likeness (QED) is 0.258. The van der Waals surface area contributed by atoms with Crippen LogP contribution in [0.4, 0.5) is 5.13 Å². The SMILES string of the molecule is CCCCCCCCCOc1ccc(/C=N\Nc2nc(C)cs2)cc1OC. The molecule has 0 atom stereocenters. The Hall–Kier alpha value is -2.08. The van der Waals surface area contributed by atoms with E-state index in [0.717, 1.165) is 40.9 Å². The average Bonchev–Trinajstić information content (AvgIpc) is 3.09. The van der Waals surface area contributed by atoms with Crippen LogP contribution in [0.5, 0.6) is 11.5 Å². The van der Waals surface area contributed by atoms with Crippen LogP contribution in [-0.2, 0) is 0 Å². The zero-order valence-corrected chi connectivity index (χ0v) is 17.5. The fraction of sp³-hybridized carbons (Fsp3) is 0.524. The highest BCUT2D eigenvalue weighted by Gasteiger charge is 2.05. The minimum Gasteiger partial charge on any atom is -0.493 e. The molecule has 0 aliphatic heterocycles. The number of benzene rings is 1. The van der Waals surface area contributed by atoms with Gasteiger partial charge in [-0.05, 0) is 37.1 Å². The molecule has 1 N–H and O–H groups in total. The third kappa shape index (κ3) is 7.99. The number of methoxy groups -OCH3 is 1. The molecule has 1 heterocycles. The van der Waals surface area contributed by atoms with Crippen molar-refractivity contribution >= 4 is 22.7 Å². The van der Waals surface area contributed by atoms with Gasteiger partial charge in [0.15, 0.2) is 11.5 Å². The lowest BCUT2D eigenvalue weighted by Gasteiger charge is -2.11. The zero-order valence-electron chi connectivity index (χ0n) is 16.7. The highest BCUT2D eigenvalue weighted by Crippen LogP contribution is 2.28. The molecule has 148 valence electrons. The number of hydrogen-bond acceptors (Lipinski definition) is 6. The molecule has 0 spiro atoms. The van der Waals surface area contributed by atoms with Crippen molar-refractivity contribution in [1.82, 2.24) is 4.98 Å². The first-order valence-electron chi connectivity index (χ1n) is 9.75. The minimum absolute atomic E-state index is 0.725. The Bertz CT molecular complexity index is 700. The first kappa shape index (κ1) is 21.2. The summed E-state index contributed by atoms with van der Waals surface area (Å²) in [6.45, 7) is 4.93. The number of hydrazone groups is 1. The van der Waals surface area contributed by atoms with E-state index in [2.05, 4.69) is 22.4 Å². The van der Waals surface area contributed by atoms with E-state index in [1.807, 2.05) is 30.5 Å². The molecule has 0 unspecified atom stereocenters. The van der Waals surface area contributed by atoms with Crippen LogP contribution in [0.1, 0.15) is 63.1 Å². The van der Waals surface area contributed by atoms with Crippen LogP contribution in [0.15, 0.2) is 28.7 Å². The molecule has 1 aromatic heterocycles. The average molecular weight is 390 g/mol. The van der Waals surface area contributed by atoms with Crippen molar-refractivity contribution < 1.29 is 9.47 Å². The predicted molar refractivity (Wildman–Crippen MR) is 115 cm³/mol. The Balaban J connectivity index is 1.75. The van der Waals surface area contributed by atoms with Gasteiger partial charge >= 0.3 is 0 Å². The number of nitrogens with one attached hydrogen (secondary N) is 1. The summed E-state index contributed by atoms with van der Waals surface area (Å²) in [6.07, 6.45) is 10.7. The Morgan fingerprint density at radius 2 is 1.89 bits per heavy atom. The van der Waals surface area contributed by atoms with E-state index < -0.39 is 0 Å². The summed E-state index contributed by atoms with van der Waals surface area (Å²) >= 11 is 1.53. The summed E-state index contributed by atoms with van der Waals surface area (Å²) in [6, 6.07) is 5.84. The highest BCUT2D eigenvalue weighted by atomic mass is 32.1. The summed E-state index contributed by atoms with van der Waals surface area (Å²) in [4.78, 5) is 4.31. The van der Waals surface area contributed by atoms with Crippen LogP contribution < -0.4 is 14.9 Å². The number of ether oxygens (including phenoxy) is 2. The fourth-order valence-electron chi connectivity index (χ4n) is 2.69. The third-order valence-electron chi connectivity index (χ3n) is 4.19. The Morgan fingerprint density at radius 3 is 2.59 bits per heavy atom. The van der Waals surface area contributed by atoms with Gasteiger partial charge in [-0.1, -0.05) is 45.4 Å². The van der Waals surface area contributed by atoms with E-state index in [1.165, 1.54) is 49.9 Å². The molecule has 0 aliphatic rings. The van der Waals surface area contributed by atoms with E-state index in [4.69, 9.17) is 9.47 Å². The molecule has 1 aromatic carbocycles. The van der Waals surface area contributed by atoms with Crippen LogP contribution in [0.2, 0.25) is 0 Å². The van der Waals surface area contributed by atoms with Gasteiger partial charge in [0.1, 0.15) is 0 Å². The smallest absolute Gasteiger partial charge is 0.203 e. The van der Waals surface area contributed by atoms with Crippen molar-refractivity contribution in [2.24, 2.45) is 5.10 Å². The van der Waals surface area contributed by atoms with Crippen molar-refractivity contribution in [3.8, 4) is 11.5 Å². The highest BCUT2D eigenvalue weighted by molar-refractivity contribution is 7.13. The lowest BCUT2D eigenvalue weighted by molar-refractivity contribution is 0.284. The molecule has 2 rings (SSSR count). The Morgan fingerprint density at radius 1 is 1.11 bits per heavy atom. The lowest BCUT2D eigenvalue weighted by atomic mass is 10.1. The Labute approximate surface area is 166 Å². The van der Waals surface area contributed by atoms with Gasteiger partial charge in [0.2, 0.25) is 5.13 Å². The molecular weight excluding hydrogens is 358 g/mol.